The van der Waals surface area contributed by atoms with E-state index in [1.165, 1.54) is 18.2 Å². The average molecular weight is 406 g/mol. The predicted octanol–water partition coefficient (Wildman–Crippen LogP) is 4.59. The minimum absolute atomic E-state index is 0.323. The fourth-order valence-electron chi connectivity index (χ4n) is 2.40. The summed E-state index contributed by atoms with van der Waals surface area (Å²) in [7, 11) is -8.15. The summed E-state index contributed by atoms with van der Waals surface area (Å²) in [6.07, 6.45) is 0.584. The zero-order valence-electron chi connectivity index (χ0n) is 14.9. The van der Waals surface area contributed by atoms with E-state index >= 15 is 0 Å². The standard InChI is InChI=1S/C17H21F3O4SSi/c1-16(2,26(3,4)23)11-13-7-5-6-12-10-14(8-9-15(12)13)24-25(21,22)17(18,19)20/h5-10,23H,11H2,1-4H3. The van der Waals surface area contributed by atoms with Crippen LogP contribution in [0.15, 0.2) is 36.4 Å². The molecule has 0 spiro atoms. The van der Waals surface area contributed by atoms with Gasteiger partial charge in [0.2, 0.25) is 0 Å². The van der Waals surface area contributed by atoms with Gasteiger partial charge in [-0.15, -0.1) is 0 Å². The maximum absolute atomic E-state index is 12.5. The molecule has 0 amide bonds. The third-order valence-corrected chi connectivity index (χ3v) is 9.19. The lowest BCUT2D eigenvalue weighted by Crippen LogP contribution is -2.40. The number of hydrogen-bond donors (Lipinski definition) is 1. The summed E-state index contributed by atoms with van der Waals surface area (Å²) in [5, 5.41) is 1.01. The molecule has 0 aliphatic carbocycles. The van der Waals surface area contributed by atoms with Gasteiger partial charge in [0.15, 0.2) is 8.32 Å². The number of alkyl halides is 3. The SMILES string of the molecule is CC(C)(Cc1cccc2cc(OS(=O)(=O)C(F)(F)F)ccc12)[Si](C)(C)O. The zero-order chi connectivity index (χ0) is 20.0. The molecule has 0 aromatic heterocycles. The van der Waals surface area contributed by atoms with Gasteiger partial charge in [0, 0.05) is 0 Å². The molecule has 0 unspecified atom stereocenters. The second-order valence-electron chi connectivity index (χ2n) is 7.40. The highest BCUT2D eigenvalue weighted by Gasteiger charge is 2.48. The molecule has 0 aliphatic heterocycles. The van der Waals surface area contributed by atoms with Gasteiger partial charge in [-0.3, -0.25) is 0 Å². The number of rotatable bonds is 5. The van der Waals surface area contributed by atoms with Crippen molar-refractivity contribution in [2.45, 2.75) is 43.9 Å². The molecule has 0 atom stereocenters. The van der Waals surface area contributed by atoms with Crippen LogP contribution in [0, 0.1) is 0 Å². The van der Waals surface area contributed by atoms with Crippen LogP contribution in [0.1, 0.15) is 19.4 Å². The van der Waals surface area contributed by atoms with Gasteiger partial charge >= 0.3 is 15.6 Å². The van der Waals surface area contributed by atoms with Gasteiger partial charge in [0.25, 0.3) is 0 Å². The lowest BCUT2D eigenvalue weighted by atomic mass is 9.96. The monoisotopic (exact) mass is 406 g/mol. The van der Waals surface area contributed by atoms with Crippen molar-refractivity contribution >= 4 is 29.2 Å². The first kappa shape index (κ1) is 20.7. The highest BCUT2D eigenvalue weighted by Crippen LogP contribution is 2.40. The second-order valence-corrected chi connectivity index (χ2v) is 13.4. The molecule has 0 saturated carbocycles. The minimum atomic E-state index is -5.71. The van der Waals surface area contributed by atoms with Crippen molar-refractivity contribution < 1.29 is 30.6 Å². The Kier molecular flexibility index (Phi) is 5.21. The van der Waals surface area contributed by atoms with Crippen molar-refractivity contribution in [3.8, 4) is 5.75 Å². The molecule has 0 saturated heterocycles. The van der Waals surface area contributed by atoms with Crippen molar-refractivity contribution in [2.75, 3.05) is 0 Å². The third-order valence-electron chi connectivity index (χ3n) is 4.72. The highest BCUT2D eigenvalue weighted by atomic mass is 32.2. The predicted molar refractivity (Wildman–Crippen MR) is 97.0 cm³/mol. The van der Waals surface area contributed by atoms with Crippen LogP contribution in [0.5, 0.6) is 5.75 Å². The van der Waals surface area contributed by atoms with E-state index in [1.54, 1.807) is 12.1 Å². The van der Waals surface area contributed by atoms with E-state index in [2.05, 4.69) is 4.18 Å². The fraction of sp³-hybridized carbons (Fsp3) is 0.412. The zero-order valence-corrected chi connectivity index (χ0v) is 16.7. The van der Waals surface area contributed by atoms with Crippen LogP contribution in [0.3, 0.4) is 0 Å². The van der Waals surface area contributed by atoms with E-state index in [1.807, 2.05) is 33.0 Å². The Labute approximate surface area is 151 Å². The van der Waals surface area contributed by atoms with Gasteiger partial charge in [0.1, 0.15) is 5.75 Å². The van der Waals surface area contributed by atoms with Crippen molar-refractivity contribution in [1.29, 1.82) is 0 Å². The van der Waals surface area contributed by atoms with E-state index in [9.17, 15) is 26.4 Å². The van der Waals surface area contributed by atoms with E-state index in [0.29, 0.717) is 11.8 Å². The summed E-state index contributed by atoms with van der Waals surface area (Å²) < 4.78 is 63.9. The molecule has 2 aromatic carbocycles. The van der Waals surface area contributed by atoms with Crippen molar-refractivity contribution in [3.05, 3.63) is 42.0 Å². The van der Waals surface area contributed by atoms with Gasteiger partial charge in [-0.05, 0) is 53.0 Å². The Balaban J connectivity index is 2.42. The molecule has 2 rings (SSSR count). The van der Waals surface area contributed by atoms with Gasteiger partial charge in [0.05, 0.1) is 0 Å². The Morgan fingerprint density at radius 2 is 1.73 bits per heavy atom. The van der Waals surface area contributed by atoms with Crippen LogP contribution in [0.2, 0.25) is 18.1 Å². The number of fused-ring (bicyclic) bond motifs is 1. The molecular weight excluding hydrogens is 385 g/mol. The molecule has 0 bridgehead atoms. The largest absolute Gasteiger partial charge is 0.534 e. The molecule has 2 aromatic rings. The molecule has 0 aliphatic rings. The van der Waals surface area contributed by atoms with E-state index in [-0.39, 0.29) is 5.04 Å². The Hall–Kier alpha value is -1.58. The minimum Gasteiger partial charge on any atom is -0.432 e. The topological polar surface area (TPSA) is 63.6 Å². The van der Waals surface area contributed by atoms with Crippen molar-refractivity contribution in [2.24, 2.45) is 0 Å². The van der Waals surface area contributed by atoms with Crippen LogP contribution in [0.4, 0.5) is 13.2 Å². The Bertz CT molecular complexity index is 916. The lowest BCUT2D eigenvalue weighted by Gasteiger charge is -2.35. The first-order valence-corrected chi connectivity index (χ1v) is 12.2. The van der Waals surface area contributed by atoms with Gasteiger partial charge in [-0.1, -0.05) is 38.1 Å². The van der Waals surface area contributed by atoms with E-state index in [0.717, 1.165) is 10.9 Å². The molecule has 1 N–H and O–H groups in total. The second kappa shape index (κ2) is 6.54. The molecule has 0 heterocycles. The normalized spacial score (nSPS) is 13.8. The summed E-state index contributed by atoms with van der Waals surface area (Å²) in [5.41, 5.74) is -4.56. The van der Waals surface area contributed by atoms with Crippen LogP contribution in [0.25, 0.3) is 10.8 Å². The van der Waals surface area contributed by atoms with Crippen LogP contribution >= 0.6 is 0 Å². The summed E-state index contributed by atoms with van der Waals surface area (Å²) in [6.45, 7) is 7.66. The van der Waals surface area contributed by atoms with Crippen LogP contribution in [-0.2, 0) is 16.5 Å². The summed E-state index contributed by atoms with van der Waals surface area (Å²) in [4.78, 5) is 10.5. The van der Waals surface area contributed by atoms with Gasteiger partial charge in [-0.2, -0.15) is 21.6 Å². The third kappa shape index (κ3) is 4.21. The first-order chi connectivity index (χ1) is 11.6. The summed E-state index contributed by atoms with van der Waals surface area (Å²) >= 11 is 0. The maximum Gasteiger partial charge on any atom is 0.534 e. The van der Waals surface area contributed by atoms with Gasteiger partial charge in [-0.25, -0.2) is 0 Å². The van der Waals surface area contributed by atoms with Gasteiger partial charge < -0.3 is 8.98 Å². The maximum atomic E-state index is 12.5. The van der Waals surface area contributed by atoms with E-state index < -0.39 is 29.7 Å². The first-order valence-electron chi connectivity index (χ1n) is 7.89. The quantitative estimate of drug-likeness (QED) is 0.448. The Morgan fingerprint density at radius 3 is 2.27 bits per heavy atom. The summed E-state index contributed by atoms with van der Waals surface area (Å²) in [5.74, 6) is -0.400. The van der Waals surface area contributed by atoms with Crippen LogP contribution < -0.4 is 4.18 Å². The van der Waals surface area contributed by atoms with Crippen molar-refractivity contribution in [1.82, 2.24) is 0 Å². The highest BCUT2D eigenvalue weighted by molar-refractivity contribution is 7.88. The summed E-state index contributed by atoms with van der Waals surface area (Å²) in [6, 6.07) is 9.29. The molecular formula is C17H21F3O4SSi. The molecule has 4 nitrogen and oxygen atoms in total. The van der Waals surface area contributed by atoms with E-state index in [4.69, 9.17) is 0 Å². The Morgan fingerprint density at radius 1 is 1.12 bits per heavy atom. The molecule has 144 valence electrons. The lowest BCUT2D eigenvalue weighted by molar-refractivity contribution is -0.0500. The van der Waals surface area contributed by atoms with Crippen molar-refractivity contribution in [3.63, 3.8) is 0 Å². The number of benzene rings is 2. The number of hydrogen-bond acceptors (Lipinski definition) is 4. The smallest absolute Gasteiger partial charge is 0.432 e. The van der Waals surface area contributed by atoms with Crippen LogP contribution in [-0.4, -0.2) is 27.0 Å². The molecule has 26 heavy (non-hydrogen) atoms. The fourth-order valence-corrected chi connectivity index (χ4v) is 3.48. The molecule has 9 heteroatoms. The molecule has 0 radical (unpaired) electrons. The molecule has 0 fully saturated rings. The number of halogens is 3. The average Bonchev–Trinajstić information content (AvgIpc) is 2.44.